The van der Waals surface area contributed by atoms with E-state index in [2.05, 4.69) is 39.6 Å². The second-order valence-corrected chi connectivity index (χ2v) is 5.81. The SMILES string of the molecule is CC(C)CC1CCC(CC(C)C)N1C. The van der Waals surface area contributed by atoms with E-state index in [1.807, 2.05) is 0 Å². The molecule has 0 aromatic heterocycles. The summed E-state index contributed by atoms with van der Waals surface area (Å²) in [6, 6.07) is 1.72. The number of likely N-dealkylation sites (tertiary alicyclic amines) is 1. The second kappa shape index (κ2) is 5.16. The number of nitrogens with zero attached hydrogens (tertiary/aromatic N) is 1. The predicted octanol–water partition coefficient (Wildman–Crippen LogP) is 3.54. The molecule has 1 saturated heterocycles. The Hall–Kier alpha value is -0.0400. The van der Waals surface area contributed by atoms with Crippen molar-refractivity contribution in [2.75, 3.05) is 7.05 Å². The van der Waals surface area contributed by atoms with Gasteiger partial charge in [-0.15, -0.1) is 0 Å². The molecular weight excluding hydrogens is 170 g/mol. The molecule has 1 heterocycles. The van der Waals surface area contributed by atoms with Crippen LogP contribution in [0.3, 0.4) is 0 Å². The molecule has 1 heteroatoms. The van der Waals surface area contributed by atoms with Crippen molar-refractivity contribution < 1.29 is 0 Å². The lowest BCUT2D eigenvalue weighted by atomic mass is 10.0. The van der Waals surface area contributed by atoms with Crippen molar-refractivity contribution in [1.29, 1.82) is 0 Å². The van der Waals surface area contributed by atoms with Gasteiger partial charge in [0.2, 0.25) is 0 Å². The predicted molar refractivity (Wildman–Crippen MR) is 63.5 cm³/mol. The second-order valence-electron chi connectivity index (χ2n) is 5.81. The maximum atomic E-state index is 2.64. The van der Waals surface area contributed by atoms with Crippen LogP contribution in [0.1, 0.15) is 53.4 Å². The van der Waals surface area contributed by atoms with E-state index in [1.54, 1.807) is 0 Å². The molecule has 0 N–H and O–H groups in total. The minimum Gasteiger partial charge on any atom is -0.300 e. The molecule has 2 unspecified atom stereocenters. The molecule has 1 fully saturated rings. The first-order chi connectivity index (χ1) is 6.50. The van der Waals surface area contributed by atoms with Crippen LogP contribution in [0.25, 0.3) is 0 Å². The molecule has 1 aliphatic rings. The average Bonchev–Trinajstić information content (AvgIpc) is 2.34. The van der Waals surface area contributed by atoms with Gasteiger partial charge in [-0.2, -0.15) is 0 Å². The third kappa shape index (κ3) is 3.27. The van der Waals surface area contributed by atoms with Crippen LogP contribution in [-0.2, 0) is 0 Å². The molecule has 0 radical (unpaired) electrons. The van der Waals surface area contributed by atoms with Gasteiger partial charge in [0.1, 0.15) is 0 Å². The lowest BCUT2D eigenvalue weighted by Gasteiger charge is -2.27. The maximum Gasteiger partial charge on any atom is 0.00981 e. The fourth-order valence-electron chi connectivity index (χ4n) is 2.75. The zero-order valence-electron chi connectivity index (χ0n) is 10.6. The fourth-order valence-corrected chi connectivity index (χ4v) is 2.75. The van der Waals surface area contributed by atoms with Crippen LogP contribution in [0, 0.1) is 11.8 Å². The normalized spacial score (nSPS) is 29.4. The third-order valence-electron chi connectivity index (χ3n) is 3.47. The summed E-state index contributed by atoms with van der Waals surface area (Å²) >= 11 is 0. The van der Waals surface area contributed by atoms with Crippen LogP contribution in [0.4, 0.5) is 0 Å². The van der Waals surface area contributed by atoms with Crippen LogP contribution in [0.15, 0.2) is 0 Å². The molecule has 14 heavy (non-hydrogen) atoms. The van der Waals surface area contributed by atoms with Crippen LogP contribution >= 0.6 is 0 Å². The quantitative estimate of drug-likeness (QED) is 0.666. The van der Waals surface area contributed by atoms with Crippen LogP contribution in [0.5, 0.6) is 0 Å². The first-order valence-corrected chi connectivity index (χ1v) is 6.22. The van der Waals surface area contributed by atoms with E-state index < -0.39 is 0 Å². The molecule has 84 valence electrons. The highest BCUT2D eigenvalue weighted by molar-refractivity contribution is 4.86. The van der Waals surface area contributed by atoms with Crippen molar-refractivity contribution in [1.82, 2.24) is 4.90 Å². The monoisotopic (exact) mass is 197 g/mol. The molecule has 0 saturated carbocycles. The Morgan fingerprint density at radius 3 is 1.57 bits per heavy atom. The summed E-state index contributed by atoms with van der Waals surface area (Å²) in [5.74, 6) is 1.69. The summed E-state index contributed by atoms with van der Waals surface area (Å²) in [5.41, 5.74) is 0. The molecule has 0 aromatic rings. The van der Waals surface area contributed by atoms with Gasteiger partial charge >= 0.3 is 0 Å². The average molecular weight is 197 g/mol. The van der Waals surface area contributed by atoms with Crippen LogP contribution in [0.2, 0.25) is 0 Å². The highest BCUT2D eigenvalue weighted by Gasteiger charge is 2.30. The first kappa shape index (κ1) is 12.0. The summed E-state index contributed by atoms with van der Waals surface area (Å²) in [4.78, 5) is 2.64. The van der Waals surface area contributed by atoms with E-state index >= 15 is 0 Å². The van der Waals surface area contributed by atoms with Gasteiger partial charge in [0.05, 0.1) is 0 Å². The Morgan fingerprint density at radius 2 is 1.29 bits per heavy atom. The van der Waals surface area contributed by atoms with Gasteiger partial charge < -0.3 is 4.90 Å². The van der Waals surface area contributed by atoms with Gasteiger partial charge in [-0.25, -0.2) is 0 Å². The Bertz CT molecular complexity index is 145. The summed E-state index contributed by atoms with van der Waals surface area (Å²) in [5, 5.41) is 0. The van der Waals surface area contributed by atoms with Crippen LogP contribution in [-0.4, -0.2) is 24.0 Å². The molecule has 0 amide bonds. The maximum absolute atomic E-state index is 2.64. The van der Waals surface area contributed by atoms with Crippen LogP contribution < -0.4 is 0 Å². The lowest BCUT2D eigenvalue weighted by Crippen LogP contribution is -2.33. The highest BCUT2D eigenvalue weighted by Crippen LogP contribution is 2.30. The zero-order chi connectivity index (χ0) is 10.7. The standard InChI is InChI=1S/C13H27N/c1-10(2)8-12-6-7-13(14(12)5)9-11(3)4/h10-13H,6-9H2,1-5H3. The van der Waals surface area contributed by atoms with Gasteiger partial charge in [0.15, 0.2) is 0 Å². The Balaban J connectivity index is 2.38. The van der Waals surface area contributed by atoms with Crippen molar-refractivity contribution >= 4 is 0 Å². The molecule has 0 spiro atoms. The van der Waals surface area contributed by atoms with E-state index in [-0.39, 0.29) is 0 Å². The van der Waals surface area contributed by atoms with Crippen molar-refractivity contribution in [3.8, 4) is 0 Å². The van der Waals surface area contributed by atoms with Gasteiger partial charge in [-0.3, -0.25) is 0 Å². The minimum atomic E-state index is 0.847. The van der Waals surface area contributed by atoms with Gasteiger partial charge in [0, 0.05) is 12.1 Å². The Labute approximate surface area is 89.9 Å². The van der Waals surface area contributed by atoms with Crippen molar-refractivity contribution in [2.24, 2.45) is 11.8 Å². The Morgan fingerprint density at radius 1 is 0.929 bits per heavy atom. The first-order valence-electron chi connectivity index (χ1n) is 6.22. The molecule has 0 bridgehead atoms. The van der Waals surface area contributed by atoms with E-state index in [4.69, 9.17) is 0 Å². The van der Waals surface area contributed by atoms with Crippen molar-refractivity contribution in [3.05, 3.63) is 0 Å². The minimum absolute atomic E-state index is 0.847. The highest BCUT2D eigenvalue weighted by atomic mass is 15.2. The van der Waals surface area contributed by atoms with Crippen molar-refractivity contribution in [2.45, 2.75) is 65.5 Å². The van der Waals surface area contributed by atoms with Crippen molar-refractivity contribution in [3.63, 3.8) is 0 Å². The number of hydrogen-bond acceptors (Lipinski definition) is 1. The fraction of sp³-hybridized carbons (Fsp3) is 1.00. The number of hydrogen-bond donors (Lipinski definition) is 0. The molecule has 1 aliphatic heterocycles. The topological polar surface area (TPSA) is 3.24 Å². The molecular formula is C13H27N. The van der Waals surface area contributed by atoms with E-state index in [9.17, 15) is 0 Å². The molecule has 2 atom stereocenters. The molecule has 0 aromatic carbocycles. The Kier molecular flexibility index (Phi) is 4.43. The summed E-state index contributed by atoms with van der Waals surface area (Å²) in [6.07, 6.45) is 5.61. The smallest absolute Gasteiger partial charge is 0.00981 e. The van der Waals surface area contributed by atoms with Gasteiger partial charge in [0.25, 0.3) is 0 Å². The molecule has 1 nitrogen and oxygen atoms in total. The van der Waals surface area contributed by atoms with Gasteiger partial charge in [-0.1, -0.05) is 27.7 Å². The summed E-state index contributed by atoms with van der Waals surface area (Å²) in [6.45, 7) is 9.35. The zero-order valence-corrected chi connectivity index (χ0v) is 10.6. The summed E-state index contributed by atoms with van der Waals surface area (Å²) < 4.78 is 0. The molecule has 0 aliphatic carbocycles. The lowest BCUT2D eigenvalue weighted by molar-refractivity contribution is 0.198. The summed E-state index contributed by atoms with van der Waals surface area (Å²) in [7, 11) is 2.33. The number of rotatable bonds is 4. The van der Waals surface area contributed by atoms with E-state index in [0.717, 1.165) is 23.9 Å². The molecule has 1 rings (SSSR count). The van der Waals surface area contributed by atoms with E-state index in [1.165, 1.54) is 25.7 Å². The van der Waals surface area contributed by atoms with Gasteiger partial charge in [-0.05, 0) is 44.6 Å². The van der Waals surface area contributed by atoms with E-state index in [0.29, 0.717) is 0 Å². The third-order valence-corrected chi connectivity index (χ3v) is 3.47. The largest absolute Gasteiger partial charge is 0.300 e.